The summed E-state index contributed by atoms with van der Waals surface area (Å²) in [5, 5.41) is 20.3. The average molecular weight is 274 g/mol. The zero-order valence-corrected chi connectivity index (χ0v) is 11.7. The van der Waals surface area contributed by atoms with Gasteiger partial charge in [-0.25, -0.2) is 0 Å². The van der Waals surface area contributed by atoms with Crippen molar-refractivity contribution in [1.82, 2.24) is 0 Å². The molecule has 0 aliphatic heterocycles. The molecule has 0 bridgehead atoms. The quantitative estimate of drug-likeness (QED) is 0.780. The van der Waals surface area contributed by atoms with Crippen molar-refractivity contribution in [3.05, 3.63) is 36.4 Å². The van der Waals surface area contributed by atoms with Crippen LogP contribution in [0, 0.1) is 0 Å². The van der Waals surface area contributed by atoms with E-state index in [1.54, 1.807) is 19.2 Å². The van der Waals surface area contributed by atoms with E-state index >= 15 is 0 Å². The van der Waals surface area contributed by atoms with E-state index in [1.165, 1.54) is 0 Å². The van der Waals surface area contributed by atoms with Crippen molar-refractivity contribution in [2.75, 3.05) is 13.7 Å². The lowest BCUT2D eigenvalue weighted by molar-refractivity contribution is 0.135. The van der Waals surface area contributed by atoms with Gasteiger partial charge in [0.1, 0.15) is 5.75 Å². The Bertz CT molecular complexity index is 571. The molecule has 0 heterocycles. The summed E-state index contributed by atoms with van der Waals surface area (Å²) < 4.78 is 10.9. The number of benzene rings is 2. The molecule has 5 heteroatoms. The third-order valence-corrected chi connectivity index (χ3v) is 3.20. The average Bonchev–Trinajstić information content (AvgIpc) is 2.44. The van der Waals surface area contributed by atoms with Crippen LogP contribution in [0.3, 0.4) is 0 Å². The molecule has 106 valence electrons. The fourth-order valence-corrected chi connectivity index (χ4v) is 2.05. The Balaban J connectivity index is 2.15. The lowest BCUT2D eigenvalue weighted by Crippen LogP contribution is -2.29. The molecule has 1 unspecified atom stereocenters. The van der Waals surface area contributed by atoms with Crippen LogP contribution in [0.25, 0.3) is 10.8 Å². The zero-order chi connectivity index (χ0) is 14.5. The van der Waals surface area contributed by atoms with Crippen molar-refractivity contribution in [2.45, 2.75) is 19.4 Å². The highest BCUT2D eigenvalue weighted by Gasteiger charge is 2.11. The summed E-state index contributed by atoms with van der Waals surface area (Å²) in [6.45, 7) is 2.68. The van der Waals surface area contributed by atoms with Crippen molar-refractivity contribution in [2.24, 2.45) is 0 Å². The van der Waals surface area contributed by atoms with Crippen LogP contribution in [0.5, 0.6) is 5.75 Å². The SMILES string of the molecule is COCCC(C)Oc1ccc2cc(B(O)O)ccc2c1. The molecular formula is C15H19BO4. The van der Waals surface area contributed by atoms with E-state index in [0.29, 0.717) is 12.1 Å². The fourth-order valence-electron chi connectivity index (χ4n) is 2.05. The molecule has 0 amide bonds. The summed E-state index contributed by atoms with van der Waals surface area (Å²) in [6.07, 6.45) is 0.926. The Morgan fingerprint density at radius 3 is 2.50 bits per heavy atom. The Morgan fingerprint density at radius 1 is 1.10 bits per heavy atom. The number of hydrogen-bond acceptors (Lipinski definition) is 4. The number of hydrogen-bond donors (Lipinski definition) is 2. The maximum atomic E-state index is 9.16. The van der Waals surface area contributed by atoms with Gasteiger partial charge in [0.25, 0.3) is 0 Å². The first-order valence-corrected chi connectivity index (χ1v) is 6.65. The molecule has 0 fully saturated rings. The second-order valence-corrected chi connectivity index (χ2v) is 4.85. The van der Waals surface area contributed by atoms with E-state index in [4.69, 9.17) is 19.5 Å². The standard InChI is InChI=1S/C15H19BO4/c1-11(7-8-19-2)20-15-6-4-12-9-14(16(17)18)5-3-13(12)10-15/h3-6,9-11,17-18H,7-8H2,1-2H3. The van der Waals surface area contributed by atoms with Gasteiger partial charge in [0.15, 0.2) is 0 Å². The van der Waals surface area contributed by atoms with Crippen LogP contribution in [0.1, 0.15) is 13.3 Å². The summed E-state index contributed by atoms with van der Waals surface area (Å²) in [6, 6.07) is 11.1. The Hall–Kier alpha value is -1.56. The smallest absolute Gasteiger partial charge is 0.488 e. The van der Waals surface area contributed by atoms with Gasteiger partial charge in [-0.3, -0.25) is 0 Å². The molecule has 1 atom stereocenters. The molecular weight excluding hydrogens is 255 g/mol. The van der Waals surface area contributed by atoms with Gasteiger partial charge in [0.05, 0.1) is 6.10 Å². The fraction of sp³-hybridized carbons (Fsp3) is 0.333. The Kier molecular flexibility index (Phi) is 5.01. The maximum Gasteiger partial charge on any atom is 0.488 e. The minimum absolute atomic E-state index is 0.0888. The van der Waals surface area contributed by atoms with E-state index in [9.17, 15) is 0 Å². The molecule has 0 saturated carbocycles. The third kappa shape index (κ3) is 3.73. The van der Waals surface area contributed by atoms with Gasteiger partial charge in [-0.15, -0.1) is 0 Å². The van der Waals surface area contributed by atoms with E-state index in [2.05, 4.69) is 0 Å². The minimum Gasteiger partial charge on any atom is -0.491 e. The first kappa shape index (κ1) is 14.8. The topological polar surface area (TPSA) is 58.9 Å². The van der Waals surface area contributed by atoms with Crippen molar-refractivity contribution < 1.29 is 19.5 Å². The van der Waals surface area contributed by atoms with Gasteiger partial charge >= 0.3 is 7.12 Å². The highest BCUT2D eigenvalue weighted by Crippen LogP contribution is 2.21. The summed E-state index contributed by atoms with van der Waals surface area (Å²) in [5.41, 5.74) is 0.486. The van der Waals surface area contributed by atoms with Gasteiger partial charge in [-0.2, -0.15) is 0 Å². The number of rotatable bonds is 6. The van der Waals surface area contributed by atoms with Gasteiger partial charge in [-0.05, 0) is 35.3 Å². The third-order valence-electron chi connectivity index (χ3n) is 3.20. The summed E-state index contributed by atoms with van der Waals surface area (Å²) in [7, 11) is 0.236. The predicted octanol–water partition coefficient (Wildman–Crippen LogP) is 1.32. The van der Waals surface area contributed by atoms with Crippen LogP contribution in [0.15, 0.2) is 36.4 Å². The molecule has 0 aliphatic carbocycles. The zero-order valence-electron chi connectivity index (χ0n) is 11.7. The Labute approximate surface area is 119 Å². The first-order valence-electron chi connectivity index (χ1n) is 6.65. The number of ether oxygens (including phenoxy) is 2. The molecule has 0 radical (unpaired) electrons. The highest BCUT2D eigenvalue weighted by atomic mass is 16.5. The largest absolute Gasteiger partial charge is 0.491 e. The summed E-state index contributed by atoms with van der Waals surface area (Å²) in [4.78, 5) is 0. The van der Waals surface area contributed by atoms with E-state index in [0.717, 1.165) is 22.9 Å². The van der Waals surface area contributed by atoms with Crippen molar-refractivity contribution >= 4 is 23.4 Å². The van der Waals surface area contributed by atoms with Crippen LogP contribution in [-0.2, 0) is 4.74 Å². The molecule has 0 aromatic heterocycles. The minimum atomic E-state index is -1.44. The van der Waals surface area contributed by atoms with E-state index in [-0.39, 0.29) is 6.10 Å². The molecule has 2 N–H and O–H groups in total. The second kappa shape index (κ2) is 6.75. The monoisotopic (exact) mass is 274 g/mol. The van der Waals surface area contributed by atoms with Gasteiger partial charge in [0.2, 0.25) is 0 Å². The van der Waals surface area contributed by atoms with Crippen LogP contribution in [0.2, 0.25) is 0 Å². The summed E-state index contributed by atoms with van der Waals surface area (Å²) >= 11 is 0. The number of methoxy groups -OCH3 is 1. The normalized spacial score (nSPS) is 12.4. The van der Waals surface area contributed by atoms with Gasteiger partial charge in [-0.1, -0.05) is 24.3 Å². The highest BCUT2D eigenvalue weighted by molar-refractivity contribution is 6.58. The molecule has 0 saturated heterocycles. The van der Waals surface area contributed by atoms with Crippen LogP contribution in [0.4, 0.5) is 0 Å². The molecule has 0 aliphatic rings. The molecule has 2 rings (SSSR count). The summed E-state index contributed by atoms with van der Waals surface area (Å²) in [5.74, 6) is 0.804. The maximum absolute atomic E-state index is 9.16. The second-order valence-electron chi connectivity index (χ2n) is 4.85. The van der Waals surface area contributed by atoms with Crippen molar-refractivity contribution in [3.8, 4) is 5.75 Å². The predicted molar refractivity (Wildman–Crippen MR) is 80.4 cm³/mol. The lowest BCUT2D eigenvalue weighted by atomic mass is 9.79. The first-order chi connectivity index (χ1) is 9.60. The van der Waals surface area contributed by atoms with Crippen LogP contribution in [-0.4, -0.2) is 37.0 Å². The van der Waals surface area contributed by atoms with Crippen LogP contribution >= 0.6 is 0 Å². The lowest BCUT2D eigenvalue weighted by Gasteiger charge is -2.14. The van der Waals surface area contributed by atoms with Crippen molar-refractivity contribution in [3.63, 3.8) is 0 Å². The Morgan fingerprint density at radius 2 is 1.80 bits per heavy atom. The molecule has 2 aromatic carbocycles. The van der Waals surface area contributed by atoms with E-state index in [1.807, 2.05) is 31.2 Å². The molecule has 4 nitrogen and oxygen atoms in total. The molecule has 20 heavy (non-hydrogen) atoms. The van der Waals surface area contributed by atoms with Crippen molar-refractivity contribution in [1.29, 1.82) is 0 Å². The van der Waals surface area contributed by atoms with E-state index < -0.39 is 7.12 Å². The number of fused-ring (bicyclic) bond motifs is 1. The molecule has 2 aromatic rings. The van der Waals surface area contributed by atoms with Gasteiger partial charge < -0.3 is 19.5 Å². The molecule has 0 spiro atoms. The van der Waals surface area contributed by atoms with Gasteiger partial charge in [0, 0.05) is 20.1 Å². The van der Waals surface area contributed by atoms with Crippen LogP contribution < -0.4 is 10.2 Å².